The predicted octanol–water partition coefficient (Wildman–Crippen LogP) is 3.60. The molecule has 0 N–H and O–H groups in total. The molecule has 1 aromatic carbocycles. The van der Waals surface area contributed by atoms with Crippen LogP contribution in [0, 0.1) is 0 Å². The fourth-order valence-corrected chi connectivity index (χ4v) is 4.55. The minimum Gasteiger partial charge on any atom is -0.482 e. The number of nitrogens with zero attached hydrogens (tertiary/aromatic N) is 3. The van der Waals surface area contributed by atoms with Crippen LogP contribution in [-0.4, -0.2) is 34.4 Å². The maximum Gasteiger partial charge on any atom is 0.265 e. The molecule has 2 aromatic heterocycles. The van der Waals surface area contributed by atoms with Crippen molar-refractivity contribution in [2.24, 2.45) is 0 Å². The summed E-state index contributed by atoms with van der Waals surface area (Å²) in [6.45, 7) is 6.26. The van der Waals surface area contributed by atoms with Crippen LogP contribution in [0.25, 0.3) is 10.2 Å². The van der Waals surface area contributed by atoms with Crippen molar-refractivity contribution < 1.29 is 14.3 Å². The molecule has 3 heterocycles. The van der Waals surface area contributed by atoms with E-state index in [1.807, 2.05) is 19.9 Å². The van der Waals surface area contributed by atoms with Gasteiger partial charge in [0, 0.05) is 17.0 Å². The van der Waals surface area contributed by atoms with E-state index in [1.165, 1.54) is 22.2 Å². The molecule has 1 amide bonds. The standard InChI is InChI=1S/C22H23N3O4S/c1-4-8-24-17-9-14(6-7-18(17)29-11-19(24)26)20(27)13(3)25-12-23-21-16(22(25)28)10-15(5-2)30-21/h6-7,9-10,12-13H,4-5,8,11H2,1-3H3. The second-order valence-corrected chi connectivity index (χ2v) is 8.41. The Bertz CT molecular complexity index is 1200. The number of anilines is 1. The van der Waals surface area contributed by atoms with Crippen LogP contribution in [0.5, 0.6) is 5.75 Å². The summed E-state index contributed by atoms with van der Waals surface area (Å²) in [5.74, 6) is 0.233. The first-order valence-corrected chi connectivity index (χ1v) is 10.9. The molecule has 0 saturated heterocycles. The highest BCUT2D eigenvalue weighted by Crippen LogP contribution is 2.34. The number of benzene rings is 1. The van der Waals surface area contributed by atoms with Gasteiger partial charge in [-0.25, -0.2) is 4.98 Å². The van der Waals surface area contributed by atoms with E-state index in [2.05, 4.69) is 4.98 Å². The van der Waals surface area contributed by atoms with Crippen LogP contribution in [-0.2, 0) is 11.2 Å². The first-order chi connectivity index (χ1) is 14.4. The molecule has 3 aromatic rings. The average Bonchev–Trinajstić information content (AvgIpc) is 3.19. The van der Waals surface area contributed by atoms with E-state index in [0.29, 0.717) is 33.8 Å². The number of ether oxygens (including phenoxy) is 1. The first kappa shape index (κ1) is 20.3. The molecule has 1 aliphatic rings. The van der Waals surface area contributed by atoms with E-state index >= 15 is 0 Å². The Morgan fingerprint density at radius 3 is 2.80 bits per heavy atom. The monoisotopic (exact) mass is 425 g/mol. The predicted molar refractivity (Wildman–Crippen MR) is 117 cm³/mol. The van der Waals surface area contributed by atoms with Crippen LogP contribution in [0.15, 0.2) is 35.4 Å². The zero-order chi connectivity index (χ0) is 21.4. The molecule has 0 aliphatic carbocycles. The fourth-order valence-electron chi connectivity index (χ4n) is 3.63. The average molecular weight is 426 g/mol. The van der Waals surface area contributed by atoms with Gasteiger partial charge in [0.05, 0.1) is 23.4 Å². The van der Waals surface area contributed by atoms with Crippen molar-refractivity contribution in [2.75, 3.05) is 18.1 Å². The topological polar surface area (TPSA) is 81.5 Å². The molecule has 0 saturated carbocycles. The lowest BCUT2D eigenvalue weighted by molar-refractivity contribution is -0.121. The van der Waals surface area contributed by atoms with Gasteiger partial charge in [0.2, 0.25) is 0 Å². The molecule has 4 rings (SSSR count). The molecular formula is C22H23N3O4S. The van der Waals surface area contributed by atoms with Gasteiger partial charge in [-0.1, -0.05) is 13.8 Å². The van der Waals surface area contributed by atoms with Crippen molar-refractivity contribution in [1.82, 2.24) is 9.55 Å². The number of carbonyl (C=O) groups is 2. The summed E-state index contributed by atoms with van der Waals surface area (Å²) in [6.07, 6.45) is 3.07. The highest BCUT2D eigenvalue weighted by Gasteiger charge is 2.27. The summed E-state index contributed by atoms with van der Waals surface area (Å²) in [5.41, 5.74) is 0.797. The van der Waals surface area contributed by atoms with E-state index in [9.17, 15) is 14.4 Å². The van der Waals surface area contributed by atoms with E-state index in [-0.39, 0.29) is 23.9 Å². The number of amides is 1. The lowest BCUT2D eigenvalue weighted by Gasteiger charge is -2.29. The van der Waals surface area contributed by atoms with Gasteiger partial charge in [-0.3, -0.25) is 19.0 Å². The lowest BCUT2D eigenvalue weighted by Crippen LogP contribution is -2.39. The summed E-state index contributed by atoms with van der Waals surface area (Å²) >= 11 is 1.50. The largest absolute Gasteiger partial charge is 0.482 e. The highest BCUT2D eigenvalue weighted by atomic mass is 32.1. The molecule has 1 atom stereocenters. The SMILES string of the molecule is CCCN1C(=O)COc2ccc(C(=O)C(C)n3cnc4sc(CC)cc4c3=O)cc21. The number of hydrogen-bond donors (Lipinski definition) is 0. The summed E-state index contributed by atoms with van der Waals surface area (Å²) in [5, 5.41) is 0.539. The Labute approximate surface area is 177 Å². The van der Waals surface area contributed by atoms with E-state index in [0.717, 1.165) is 17.7 Å². The molecule has 0 fully saturated rings. The summed E-state index contributed by atoms with van der Waals surface area (Å²) < 4.78 is 6.88. The summed E-state index contributed by atoms with van der Waals surface area (Å²) in [6, 6.07) is 6.19. The van der Waals surface area contributed by atoms with Crippen molar-refractivity contribution in [3.63, 3.8) is 0 Å². The molecule has 7 nitrogen and oxygen atoms in total. The Kier molecular flexibility index (Phi) is 5.42. The number of rotatable bonds is 6. The molecule has 0 radical (unpaired) electrons. The number of fused-ring (bicyclic) bond motifs is 2. The lowest BCUT2D eigenvalue weighted by atomic mass is 10.0. The summed E-state index contributed by atoms with van der Waals surface area (Å²) in [4.78, 5) is 46.2. The second kappa shape index (κ2) is 8.02. The zero-order valence-electron chi connectivity index (χ0n) is 17.2. The quantitative estimate of drug-likeness (QED) is 0.564. The van der Waals surface area contributed by atoms with Crippen LogP contribution >= 0.6 is 11.3 Å². The van der Waals surface area contributed by atoms with Crippen molar-refractivity contribution >= 4 is 38.9 Å². The summed E-state index contributed by atoms with van der Waals surface area (Å²) in [7, 11) is 0. The van der Waals surface area contributed by atoms with Crippen molar-refractivity contribution in [3.8, 4) is 5.75 Å². The third-order valence-corrected chi connectivity index (χ3v) is 6.49. The Balaban J connectivity index is 1.70. The molecule has 156 valence electrons. The Morgan fingerprint density at radius 2 is 2.07 bits per heavy atom. The number of aryl methyl sites for hydroxylation is 1. The molecule has 1 unspecified atom stereocenters. The van der Waals surface area contributed by atoms with E-state index in [4.69, 9.17) is 4.74 Å². The van der Waals surface area contributed by atoms with Crippen LogP contribution in [0.2, 0.25) is 0 Å². The van der Waals surface area contributed by atoms with Crippen LogP contribution in [0.1, 0.15) is 48.5 Å². The third-order valence-electron chi connectivity index (χ3n) is 5.31. The smallest absolute Gasteiger partial charge is 0.265 e. The fraction of sp³-hybridized carbons (Fsp3) is 0.364. The Morgan fingerprint density at radius 1 is 1.27 bits per heavy atom. The minimum absolute atomic E-state index is 0.00182. The van der Waals surface area contributed by atoms with Gasteiger partial charge in [0.1, 0.15) is 10.6 Å². The molecule has 8 heteroatoms. The number of carbonyl (C=O) groups excluding carboxylic acids is 2. The third kappa shape index (κ3) is 3.41. The van der Waals surface area contributed by atoms with Gasteiger partial charge in [0.15, 0.2) is 12.4 Å². The van der Waals surface area contributed by atoms with Crippen LogP contribution in [0.4, 0.5) is 5.69 Å². The maximum absolute atomic E-state index is 13.2. The number of ketones is 1. The molecule has 0 spiro atoms. The van der Waals surface area contributed by atoms with Crippen LogP contribution in [0.3, 0.4) is 0 Å². The molecular weight excluding hydrogens is 402 g/mol. The van der Waals surface area contributed by atoms with Gasteiger partial charge < -0.3 is 9.64 Å². The van der Waals surface area contributed by atoms with Crippen molar-refractivity contribution in [3.05, 3.63) is 51.4 Å². The number of aromatic nitrogens is 2. The second-order valence-electron chi connectivity index (χ2n) is 7.30. The molecule has 1 aliphatic heterocycles. The van der Waals surface area contributed by atoms with Gasteiger partial charge in [-0.05, 0) is 44.0 Å². The van der Waals surface area contributed by atoms with Gasteiger partial charge in [-0.2, -0.15) is 0 Å². The van der Waals surface area contributed by atoms with Gasteiger partial charge in [0.25, 0.3) is 11.5 Å². The zero-order valence-corrected chi connectivity index (χ0v) is 18.0. The van der Waals surface area contributed by atoms with Gasteiger partial charge in [-0.15, -0.1) is 11.3 Å². The van der Waals surface area contributed by atoms with Crippen LogP contribution < -0.4 is 15.2 Å². The molecule has 30 heavy (non-hydrogen) atoms. The normalized spacial score (nSPS) is 14.5. The van der Waals surface area contributed by atoms with Crippen molar-refractivity contribution in [1.29, 1.82) is 0 Å². The molecule has 0 bridgehead atoms. The van der Waals surface area contributed by atoms with E-state index < -0.39 is 6.04 Å². The minimum atomic E-state index is -0.725. The van der Waals surface area contributed by atoms with E-state index in [1.54, 1.807) is 30.0 Å². The number of Topliss-reactive ketones (excluding diaryl/α,β-unsaturated/α-hetero) is 1. The number of hydrogen-bond acceptors (Lipinski definition) is 6. The van der Waals surface area contributed by atoms with Crippen molar-refractivity contribution in [2.45, 2.75) is 39.7 Å². The maximum atomic E-state index is 13.2. The van der Waals surface area contributed by atoms with Gasteiger partial charge >= 0.3 is 0 Å². The Hall–Kier alpha value is -3.00. The number of thiophene rings is 1. The highest BCUT2D eigenvalue weighted by molar-refractivity contribution is 7.18. The first-order valence-electron chi connectivity index (χ1n) is 10.1.